The molecule has 1 aliphatic heterocycles. The predicted molar refractivity (Wildman–Crippen MR) is 195 cm³/mol. The minimum Gasteiger partial charge on any atom is -0.325 e. The van der Waals surface area contributed by atoms with Crippen molar-refractivity contribution >= 4 is 33.9 Å². The summed E-state index contributed by atoms with van der Waals surface area (Å²) in [6.07, 6.45) is 21.2. The number of hydrogen-bond acceptors (Lipinski definition) is 2. The van der Waals surface area contributed by atoms with Crippen molar-refractivity contribution < 1.29 is 0 Å². The molecule has 3 aliphatic rings. The third-order valence-electron chi connectivity index (χ3n) is 9.90. The first-order valence-corrected chi connectivity index (χ1v) is 16.5. The summed E-state index contributed by atoms with van der Waals surface area (Å²) in [5.41, 5.74) is 10.4. The van der Waals surface area contributed by atoms with E-state index in [1.54, 1.807) is 0 Å². The van der Waals surface area contributed by atoms with E-state index in [4.69, 9.17) is 4.99 Å². The van der Waals surface area contributed by atoms with Crippen molar-refractivity contribution in [3.8, 4) is 11.1 Å². The molecule has 4 unspecified atom stereocenters. The highest BCUT2D eigenvalue weighted by molar-refractivity contribution is 6.04. The van der Waals surface area contributed by atoms with Crippen LogP contribution in [-0.2, 0) is 0 Å². The minimum atomic E-state index is 0.265. The van der Waals surface area contributed by atoms with Crippen molar-refractivity contribution in [2.75, 3.05) is 4.90 Å². The van der Waals surface area contributed by atoms with Gasteiger partial charge in [-0.05, 0) is 87.5 Å². The average molecular weight is 587 g/mol. The zero-order chi connectivity index (χ0) is 30.9. The molecule has 4 atom stereocenters. The Morgan fingerprint density at radius 2 is 1.67 bits per heavy atom. The van der Waals surface area contributed by atoms with Gasteiger partial charge >= 0.3 is 0 Å². The van der Waals surface area contributed by atoms with Crippen molar-refractivity contribution in [3.63, 3.8) is 0 Å². The maximum Gasteiger partial charge on any atom is 0.104 e. The lowest BCUT2D eigenvalue weighted by Crippen LogP contribution is -2.40. The molecule has 4 aromatic rings. The fourth-order valence-electron chi connectivity index (χ4n) is 7.77. The van der Waals surface area contributed by atoms with Crippen molar-refractivity contribution in [2.45, 2.75) is 58.0 Å². The average Bonchev–Trinajstić information content (AvgIpc) is 3.47. The van der Waals surface area contributed by atoms with E-state index in [0.717, 1.165) is 19.3 Å². The van der Waals surface area contributed by atoms with Gasteiger partial charge in [0.25, 0.3) is 0 Å². The highest BCUT2D eigenvalue weighted by Crippen LogP contribution is 2.45. The fraction of sp³-hybridized carbons (Fsp3) is 0.233. The molecule has 0 N–H and O–H groups in total. The Balaban J connectivity index is 1.33. The Bertz CT molecular complexity index is 1880. The molecule has 0 saturated heterocycles. The van der Waals surface area contributed by atoms with Crippen LogP contribution in [-0.4, -0.2) is 17.9 Å². The monoisotopic (exact) mass is 586 g/mol. The molecule has 0 aromatic heterocycles. The predicted octanol–water partition coefficient (Wildman–Crippen LogP) is 11.1. The van der Waals surface area contributed by atoms with Crippen LogP contribution < -0.4 is 4.90 Å². The van der Waals surface area contributed by atoms with Crippen molar-refractivity contribution in [1.82, 2.24) is 0 Å². The summed E-state index contributed by atoms with van der Waals surface area (Å²) in [7, 11) is 0. The Kier molecular flexibility index (Phi) is 7.98. The topological polar surface area (TPSA) is 15.6 Å². The smallest absolute Gasteiger partial charge is 0.104 e. The third-order valence-corrected chi connectivity index (χ3v) is 9.90. The molecule has 0 saturated carbocycles. The molecule has 2 aliphatic carbocycles. The highest BCUT2D eigenvalue weighted by atomic mass is 15.3. The van der Waals surface area contributed by atoms with Gasteiger partial charge in [0.1, 0.15) is 5.84 Å². The molecule has 0 spiro atoms. The largest absolute Gasteiger partial charge is 0.325 e. The molecular weight excluding hydrogens is 544 g/mol. The number of rotatable bonds is 7. The number of benzene rings is 4. The van der Waals surface area contributed by atoms with E-state index in [1.807, 2.05) is 6.08 Å². The van der Waals surface area contributed by atoms with Crippen LogP contribution in [0.1, 0.15) is 61.3 Å². The molecule has 1 heterocycles. The SMILES string of the molecule is C=C/C=C\c1c(C)c(-c2ccc(N3C(CC)=NC4C=CCCC43)cc2)c2ccccc2c1C1C=CC(c2ccccc2)=CC1C. The van der Waals surface area contributed by atoms with Crippen LogP contribution in [0.5, 0.6) is 0 Å². The van der Waals surface area contributed by atoms with Gasteiger partial charge in [0.2, 0.25) is 0 Å². The molecule has 2 heteroatoms. The number of amidine groups is 1. The Morgan fingerprint density at radius 3 is 2.40 bits per heavy atom. The summed E-state index contributed by atoms with van der Waals surface area (Å²) in [5, 5.41) is 2.63. The number of anilines is 1. The van der Waals surface area contributed by atoms with Gasteiger partial charge in [-0.25, -0.2) is 0 Å². The lowest BCUT2D eigenvalue weighted by Gasteiger charge is -2.31. The van der Waals surface area contributed by atoms with Crippen LogP contribution in [0.25, 0.3) is 33.5 Å². The molecule has 7 rings (SSSR count). The van der Waals surface area contributed by atoms with Crippen LogP contribution in [0, 0.1) is 12.8 Å². The van der Waals surface area contributed by atoms with Gasteiger partial charge in [0.15, 0.2) is 0 Å². The van der Waals surface area contributed by atoms with Gasteiger partial charge in [0.05, 0.1) is 12.1 Å². The van der Waals surface area contributed by atoms with Gasteiger partial charge in [-0.1, -0.05) is 136 Å². The molecule has 0 radical (unpaired) electrons. The van der Waals surface area contributed by atoms with Gasteiger partial charge in [-0.2, -0.15) is 0 Å². The zero-order valence-electron chi connectivity index (χ0n) is 26.7. The standard InChI is InChI=1S/C43H42N2/c1-5-7-17-36-30(4)42(32-22-25-34(26-23-32)45-40-21-14-13-20-39(40)44-41(45)6-2)37-18-11-12-19-38(37)43(36)35-27-24-33(28-29(35)3)31-15-9-8-10-16-31/h5,7-13,15-20,22-29,35,39-40H,1,6,14,21H2,2-4H3/b17-7-. The summed E-state index contributed by atoms with van der Waals surface area (Å²) in [4.78, 5) is 7.57. The van der Waals surface area contributed by atoms with Crippen LogP contribution in [0.4, 0.5) is 5.69 Å². The molecule has 224 valence electrons. The van der Waals surface area contributed by atoms with E-state index in [0.29, 0.717) is 12.0 Å². The summed E-state index contributed by atoms with van der Waals surface area (Å²) < 4.78 is 0. The van der Waals surface area contributed by atoms with E-state index in [-0.39, 0.29) is 12.0 Å². The van der Waals surface area contributed by atoms with Gasteiger partial charge in [0, 0.05) is 18.0 Å². The molecular formula is C43H42N2. The zero-order valence-corrected chi connectivity index (χ0v) is 26.7. The number of fused-ring (bicyclic) bond motifs is 2. The Morgan fingerprint density at radius 1 is 0.911 bits per heavy atom. The number of allylic oxidation sites excluding steroid dienone is 7. The van der Waals surface area contributed by atoms with E-state index < -0.39 is 0 Å². The summed E-state index contributed by atoms with van der Waals surface area (Å²) in [6, 6.07) is 29.7. The molecule has 0 bridgehead atoms. The summed E-state index contributed by atoms with van der Waals surface area (Å²) in [5.74, 6) is 1.81. The second kappa shape index (κ2) is 12.4. The first-order valence-electron chi connectivity index (χ1n) is 16.5. The van der Waals surface area contributed by atoms with Gasteiger partial charge in [-0.15, -0.1) is 0 Å². The van der Waals surface area contributed by atoms with E-state index in [9.17, 15) is 0 Å². The first-order chi connectivity index (χ1) is 22.1. The molecule has 4 aromatic carbocycles. The first kappa shape index (κ1) is 29.0. The van der Waals surface area contributed by atoms with Crippen molar-refractivity contribution in [3.05, 3.63) is 150 Å². The van der Waals surface area contributed by atoms with Gasteiger partial charge in [-0.3, -0.25) is 4.99 Å². The van der Waals surface area contributed by atoms with E-state index >= 15 is 0 Å². The Hall–Kier alpha value is -4.69. The fourth-order valence-corrected chi connectivity index (χ4v) is 7.77. The highest BCUT2D eigenvalue weighted by Gasteiger charge is 2.35. The minimum absolute atomic E-state index is 0.265. The molecule has 45 heavy (non-hydrogen) atoms. The Labute approximate surface area is 268 Å². The van der Waals surface area contributed by atoms with Crippen molar-refractivity contribution in [2.24, 2.45) is 10.9 Å². The van der Waals surface area contributed by atoms with Crippen LogP contribution in [0.3, 0.4) is 0 Å². The summed E-state index contributed by atoms with van der Waals surface area (Å²) in [6.45, 7) is 10.9. The van der Waals surface area contributed by atoms with Crippen LogP contribution >= 0.6 is 0 Å². The number of nitrogens with zero attached hydrogens (tertiary/aromatic N) is 2. The molecule has 2 nitrogen and oxygen atoms in total. The van der Waals surface area contributed by atoms with Crippen LogP contribution in [0.15, 0.2) is 133 Å². The van der Waals surface area contributed by atoms with E-state index in [2.05, 4.69) is 154 Å². The maximum absolute atomic E-state index is 5.07. The number of aliphatic imine (C=N–C) groups is 1. The normalized spacial score (nSPS) is 22.5. The molecule has 0 amide bonds. The summed E-state index contributed by atoms with van der Waals surface area (Å²) >= 11 is 0. The second-order valence-electron chi connectivity index (χ2n) is 12.6. The van der Waals surface area contributed by atoms with Gasteiger partial charge < -0.3 is 4.90 Å². The van der Waals surface area contributed by atoms with E-state index in [1.165, 1.54) is 61.2 Å². The quantitative estimate of drug-likeness (QED) is 0.155. The maximum atomic E-state index is 5.07. The van der Waals surface area contributed by atoms with Crippen molar-refractivity contribution in [1.29, 1.82) is 0 Å². The lowest BCUT2D eigenvalue weighted by molar-refractivity contribution is 0.567. The lowest BCUT2D eigenvalue weighted by atomic mass is 9.75. The molecule has 0 fully saturated rings. The third kappa shape index (κ3) is 5.23. The number of hydrogen-bond donors (Lipinski definition) is 0. The van der Waals surface area contributed by atoms with Crippen LogP contribution in [0.2, 0.25) is 0 Å². The second-order valence-corrected chi connectivity index (χ2v) is 12.6.